The van der Waals surface area contributed by atoms with E-state index in [9.17, 15) is 0 Å². The highest BCUT2D eigenvalue weighted by atomic mass is 16.3. The average Bonchev–Trinajstić information content (AvgIpc) is 2.87. The van der Waals surface area contributed by atoms with Crippen LogP contribution in [0.4, 0.5) is 5.95 Å². The maximum Gasteiger partial charge on any atom is 0.247 e. The maximum absolute atomic E-state index is 9.11. The van der Waals surface area contributed by atoms with Crippen LogP contribution in [0.15, 0.2) is 30.3 Å². The number of rotatable bonds is 7. The van der Waals surface area contributed by atoms with Crippen LogP contribution in [0.1, 0.15) is 6.92 Å². The van der Waals surface area contributed by atoms with E-state index in [4.69, 9.17) is 5.11 Å². The van der Waals surface area contributed by atoms with E-state index in [2.05, 4.69) is 26.2 Å². The van der Waals surface area contributed by atoms with Gasteiger partial charge in [0.2, 0.25) is 5.95 Å². The number of para-hydroxylation sites is 1. The number of hydrogen-bond acceptors (Lipinski definition) is 6. The Labute approximate surface area is 111 Å². The van der Waals surface area contributed by atoms with E-state index in [1.807, 2.05) is 30.3 Å². The van der Waals surface area contributed by atoms with Crippen LogP contribution < -0.4 is 10.6 Å². The molecule has 19 heavy (non-hydrogen) atoms. The van der Waals surface area contributed by atoms with Crippen LogP contribution in [-0.2, 0) is 0 Å². The maximum atomic E-state index is 9.11. The van der Waals surface area contributed by atoms with Crippen molar-refractivity contribution in [2.24, 2.45) is 0 Å². The first-order valence-corrected chi connectivity index (χ1v) is 6.24. The molecule has 7 heteroatoms. The van der Waals surface area contributed by atoms with Crippen molar-refractivity contribution in [1.82, 2.24) is 25.5 Å². The van der Waals surface area contributed by atoms with Gasteiger partial charge in [0.15, 0.2) is 0 Å². The van der Waals surface area contributed by atoms with Crippen molar-refractivity contribution in [1.29, 1.82) is 0 Å². The van der Waals surface area contributed by atoms with Crippen molar-refractivity contribution in [3.63, 3.8) is 0 Å². The molecule has 0 amide bonds. The van der Waals surface area contributed by atoms with Gasteiger partial charge in [0.05, 0.1) is 11.8 Å². The second-order valence-electron chi connectivity index (χ2n) is 4.23. The van der Waals surface area contributed by atoms with E-state index < -0.39 is 0 Å². The van der Waals surface area contributed by atoms with E-state index in [-0.39, 0.29) is 6.10 Å². The quantitative estimate of drug-likeness (QED) is 0.611. The molecule has 0 spiro atoms. The van der Waals surface area contributed by atoms with Crippen molar-refractivity contribution >= 4 is 5.95 Å². The van der Waals surface area contributed by atoms with E-state index in [1.165, 1.54) is 0 Å². The molecular weight excluding hydrogens is 244 g/mol. The molecule has 2 rings (SSSR count). The molecule has 0 saturated heterocycles. The molecule has 0 aliphatic rings. The molecule has 102 valence electrons. The molecular formula is C12H18N6O. The zero-order valence-electron chi connectivity index (χ0n) is 10.8. The normalized spacial score (nSPS) is 12.3. The predicted molar refractivity (Wildman–Crippen MR) is 72.2 cm³/mol. The fraction of sp³-hybridized carbons (Fsp3) is 0.417. The zero-order valence-corrected chi connectivity index (χ0v) is 10.8. The fourth-order valence-corrected chi connectivity index (χ4v) is 1.61. The molecule has 2 aromatic rings. The Bertz CT molecular complexity index is 484. The van der Waals surface area contributed by atoms with Crippen LogP contribution in [0.3, 0.4) is 0 Å². The Morgan fingerprint density at radius 1 is 1.26 bits per heavy atom. The molecule has 0 fully saturated rings. The first-order chi connectivity index (χ1) is 9.27. The largest absolute Gasteiger partial charge is 0.392 e. The molecule has 1 unspecified atom stereocenters. The highest BCUT2D eigenvalue weighted by Gasteiger charge is 2.06. The van der Waals surface area contributed by atoms with E-state index >= 15 is 0 Å². The van der Waals surface area contributed by atoms with E-state index in [1.54, 1.807) is 11.6 Å². The topological polar surface area (TPSA) is 87.9 Å². The van der Waals surface area contributed by atoms with Gasteiger partial charge < -0.3 is 15.7 Å². The molecule has 0 radical (unpaired) electrons. The molecule has 0 aliphatic carbocycles. The minimum absolute atomic E-state index is 0.338. The van der Waals surface area contributed by atoms with E-state index in [0.717, 1.165) is 12.2 Å². The van der Waals surface area contributed by atoms with Gasteiger partial charge in [0.1, 0.15) is 0 Å². The summed E-state index contributed by atoms with van der Waals surface area (Å²) in [6.07, 6.45) is -0.338. The highest BCUT2D eigenvalue weighted by molar-refractivity contribution is 5.38. The third kappa shape index (κ3) is 4.01. The molecule has 0 saturated carbocycles. The average molecular weight is 262 g/mol. The minimum Gasteiger partial charge on any atom is -0.392 e. The first kappa shape index (κ1) is 13.4. The number of nitrogens with one attached hydrogen (secondary N) is 2. The number of aliphatic hydroxyl groups is 1. The summed E-state index contributed by atoms with van der Waals surface area (Å²) in [5.74, 6) is 0.602. The van der Waals surface area contributed by atoms with Gasteiger partial charge in [-0.05, 0) is 29.5 Å². The number of hydrogen-bond donors (Lipinski definition) is 3. The van der Waals surface area contributed by atoms with Gasteiger partial charge in [0, 0.05) is 19.6 Å². The Balaban J connectivity index is 1.87. The second-order valence-corrected chi connectivity index (χ2v) is 4.23. The number of benzene rings is 1. The van der Waals surface area contributed by atoms with Crippen LogP contribution in [0.25, 0.3) is 5.69 Å². The van der Waals surface area contributed by atoms with Crippen LogP contribution in [-0.4, -0.2) is 51.1 Å². The Morgan fingerprint density at radius 3 is 2.79 bits per heavy atom. The molecule has 7 nitrogen and oxygen atoms in total. The molecule has 1 aromatic heterocycles. The summed E-state index contributed by atoms with van der Waals surface area (Å²) in [4.78, 5) is 0. The van der Waals surface area contributed by atoms with E-state index in [0.29, 0.717) is 19.0 Å². The number of nitrogens with zero attached hydrogens (tertiary/aromatic N) is 4. The fourth-order valence-electron chi connectivity index (χ4n) is 1.61. The van der Waals surface area contributed by atoms with Crippen LogP contribution in [0.2, 0.25) is 0 Å². The lowest BCUT2D eigenvalue weighted by Gasteiger charge is -2.08. The molecule has 1 aromatic carbocycles. The van der Waals surface area contributed by atoms with Crippen LogP contribution in [0, 0.1) is 0 Å². The van der Waals surface area contributed by atoms with Crippen LogP contribution >= 0.6 is 0 Å². The van der Waals surface area contributed by atoms with Gasteiger partial charge >= 0.3 is 0 Å². The smallest absolute Gasteiger partial charge is 0.247 e. The molecule has 1 heterocycles. The molecule has 3 N–H and O–H groups in total. The Morgan fingerprint density at radius 2 is 2.05 bits per heavy atom. The number of tetrazole rings is 1. The lowest BCUT2D eigenvalue weighted by atomic mass is 10.3. The van der Waals surface area contributed by atoms with Crippen molar-refractivity contribution in [2.45, 2.75) is 13.0 Å². The summed E-state index contributed by atoms with van der Waals surface area (Å²) >= 11 is 0. The Kier molecular flexibility index (Phi) is 4.82. The standard InChI is InChI=1S/C12H18N6O/c1-10(19)9-13-7-8-14-12-15-16-17-18(12)11-5-3-2-4-6-11/h2-6,10,13,19H,7-9H2,1H3,(H,14,15,17). The van der Waals surface area contributed by atoms with Gasteiger partial charge in [-0.25, -0.2) is 0 Å². The number of aromatic nitrogens is 4. The monoisotopic (exact) mass is 262 g/mol. The predicted octanol–water partition coefficient (Wildman–Crippen LogP) is 0.0446. The van der Waals surface area contributed by atoms with Gasteiger partial charge in [-0.1, -0.05) is 23.3 Å². The van der Waals surface area contributed by atoms with Gasteiger partial charge in [-0.15, -0.1) is 0 Å². The SMILES string of the molecule is CC(O)CNCCNc1nnnn1-c1ccccc1. The molecule has 0 aliphatic heterocycles. The highest BCUT2D eigenvalue weighted by Crippen LogP contribution is 2.09. The van der Waals surface area contributed by atoms with Crippen molar-refractivity contribution in [3.05, 3.63) is 30.3 Å². The summed E-state index contributed by atoms with van der Waals surface area (Å²) in [6.45, 7) is 3.73. The first-order valence-electron chi connectivity index (χ1n) is 6.24. The summed E-state index contributed by atoms with van der Waals surface area (Å²) < 4.78 is 1.65. The van der Waals surface area contributed by atoms with Gasteiger partial charge in [-0.3, -0.25) is 0 Å². The summed E-state index contributed by atoms with van der Waals surface area (Å²) in [5, 5.41) is 26.9. The number of anilines is 1. The lowest BCUT2D eigenvalue weighted by molar-refractivity contribution is 0.192. The summed E-state index contributed by atoms with van der Waals surface area (Å²) in [7, 11) is 0. The van der Waals surface area contributed by atoms with Crippen molar-refractivity contribution < 1.29 is 5.11 Å². The number of aliphatic hydroxyl groups excluding tert-OH is 1. The van der Waals surface area contributed by atoms with Gasteiger partial charge in [-0.2, -0.15) is 4.68 Å². The van der Waals surface area contributed by atoms with Gasteiger partial charge in [0.25, 0.3) is 0 Å². The molecule has 0 bridgehead atoms. The second kappa shape index (κ2) is 6.81. The minimum atomic E-state index is -0.338. The Hall–Kier alpha value is -1.99. The summed E-state index contributed by atoms with van der Waals surface area (Å²) in [5.41, 5.74) is 0.909. The van der Waals surface area contributed by atoms with Crippen molar-refractivity contribution in [2.75, 3.05) is 25.0 Å². The lowest BCUT2D eigenvalue weighted by Crippen LogP contribution is -2.29. The third-order valence-electron chi connectivity index (χ3n) is 2.49. The third-order valence-corrected chi connectivity index (χ3v) is 2.49. The van der Waals surface area contributed by atoms with Crippen molar-refractivity contribution in [3.8, 4) is 5.69 Å². The zero-order chi connectivity index (χ0) is 13.5. The summed E-state index contributed by atoms with van der Waals surface area (Å²) in [6, 6.07) is 9.69. The molecule has 1 atom stereocenters. The van der Waals surface area contributed by atoms with Crippen LogP contribution in [0.5, 0.6) is 0 Å².